The van der Waals surface area contributed by atoms with E-state index in [-0.39, 0.29) is 23.9 Å². The molecule has 0 saturated carbocycles. The lowest BCUT2D eigenvalue weighted by molar-refractivity contribution is -0.124. The molecule has 2 amide bonds. The smallest absolute Gasteiger partial charge is 0.243 e. The van der Waals surface area contributed by atoms with E-state index in [1.165, 1.54) is 12.1 Å². The number of hydrogen-bond acceptors (Lipinski definition) is 3. The second-order valence-electron chi connectivity index (χ2n) is 5.30. The van der Waals surface area contributed by atoms with Crippen LogP contribution >= 0.6 is 11.6 Å². The van der Waals surface area contributed by atoms with Crippen LogP contribution in [0.15, 0.2) is 42.5 Å². The second kappa shape index (κ2) is 9.03. The fraction of sp³-hybridized carbons (Fsp3) is 0.222. The summed E-state index contributed by atoms with van der Waals surface area (Å²) in [7, 11) is 1.59. The summed E-state index contributed by atoms with van der Waals surface area (Å²) in [6.07, 6.45) is 0.826. The number of aryl methyl sites for hydroxylation is 1. The molecule has 0 fully saturated rings. The van der Waals surface area contributed by atoms with Crippen LogP contribution in [0, 0.1) is 5.82 Å². The van der Waals surface area contributed by atoms with Crippen molar-refractivity contribution < 1.29 is 18.7 Å². The van der Waals surface area contributed by atoms with Crippen LogP contribution in [0.25, 0.3) is 0 Å². The summed E-state index contributed by atoms with van der Waals surface area (Å²) in [5, 5.41) is 4.99. The van der Waals surface area contributed by atoms with Crippen LogP contribution in [0.5, 0.6) is 5.75 Å². The van der Waals surface area contributed by atoms with E-state index < -0.39 is 11.7 Å². The normalized spacial score (nSPS) is 10.2. The Kier molecular flexibility index (Phi) is 6.77. The summed E-state index contributed by atoms with van der Waals surface area (Å²) < 4.78 is 18.1. The standard InChI is InChI=1S/C18H18ClFN2O3/c1-25-14-6-2-12(3-7-14)4-9-17(23)21-11-18(24)22-13-5-8-16(20)15(19)10-13/h2-3,5-8,10H,4,9,11H2,1H3,(H,21,23)(H,22,24). The number of carbonyl (C=O) groups excluding carboxylic acids is 2. The van der Waals surface area contributed by atoms with E-state index >= 15 is 0 Å². The Morgan fingerprint density at radius 1 is 1.12 bits per heavy atom. The predicted molar refractivity (Wildman–Crippen MR) is 94.4 cm³/mol. The maximum atomic E-state index is 13.0. The minimum Gasteiger partial charge on any atom is -0.497 e. The third-order valence-electron chi connectivity index (χ3n) is 3.45. The van der Waals surface area contributed by atoms with Gasteiger partial charge < -0.3 is 15.4 Å². The zero-order chi connectivity index (χ0) is 18.2. The molecule has 5 nitrogen and oxygen atoms in total. The molecule has 0 aliphatic heterocycles. The van der Waals surface area contributed by atoms with Gasteiger partial charge in [0.15, 0.2) is 0 Å². The van der Waals surface area contributed by atoms with Crippen LogP contribution in [-0.4, -0.2) is 25.5 Å². The van der Waals surface area contributed by atoms with Gasteiger partial charge >= 0.3 is 0 Å². The molecule has 0 bridgehead atoms. The number of nitrogens with one attached hydrogen (secondary N) is 2. The average Bonchev–Trinajstić information content (AvgIpc) is 2.61. The first-order chi connectivity index (χ1) is 12.0. The maximum absolute atomic E-state index is 13.0. The van der Waals surface area contributed by atoms with Gasteiger partial charge in [-0.15, -0.1) is 0 Å². The maximum Gasteiger partial charge on any atom is 0.243 e. The van der Waals surface area contributed by atoms with Gasteiger partial charge in [-0.25, -0.2) is 4.39 Å². The van der Waals surface area contributed by atoms with Crippen LogP contribution in [0.2, 0.25) is 5.02 Å². The highest BCUT2D eigenvalue weighted by molar-refractivity contribution is 6.31. The molecule has 0 unspecified atom stereocenters. The van der Waals surface area contributed by atoms with Crippen molar-refractivity contribution >= 4 is 29.1 Å². The van der Waals surface area contributed by atoms with Crippen LogP contribution in [-0.2, 0) is 16.0 Å². The molecule has 0 atom stereocenters. The third kappa shape index (κ3) is 6.08. The van der Waals surface area contributed by atoms with Crippen molar-refractivity contribution in [1.82, 2.24) is 5.32 Å². The Hall–Kier alpha value is -2.60. The summed E-state index contributed by atoms with van der Waals surface area (Å²) in [5.41, 5.74) is 1.37. The molecule has 2 aromatic rings. The summed E-state index contributed by atoms with van der Waals surface area (Å²) >= 11 is 5.64. The van der Waals surface area contributed by atoms with Crippen LogP contribution < -0.4 is 15.4 Å². The SMILES string of the molecule is COc1ccc(CCC(=O)NCC(=O)Nc2ccc(F)c(Cl)c2)cc1. The van der Waals surface area contributed by atoms with Gasteiger partial charge in [0.25, 0.3) is 0 Å². The molecule has 0 saturated heterocycles. The van der Waals surface area contributed by atoms with E-state index in [0.717, 1.165) is 17.4 Å². The Balaban J connectivity index is 1.73. The van der Waals surface area contributed by atoms with E-state index in [4.69, 9.17) is 16.3 Å². The number of rotatable bonds is 7. The van der Waals surface area contributed by atoms with E-state index in [9.17, 15) is 14.0 Å². The van der Waals surface area contributed by atoms with Crippen LogP contribution in [0.4, 0.5) is 10.1 Å². The molecule has 25 heavy (non-hydrogen) atoms. The van der Waals surface area contributed by atoms with Crippen LogP contribution in [0.3, 0.4) is 0 Å². The number of carbonyl (C=O) groups is 2. The summed E-state index contributed by atoms with van der Waals surface area (Å²) in [4.78, 5) is 23.6. The first-order valence-electron chi connectivity index (χ1n) is 7.62. The Labute approximate surface area is 150 Å². The van der Waals surface area contributed by atoms with E-state index in [1.54, 1.807) is 7.11 Å². The highest BCUT2D eigenvalue weighted by atomic mass is 35.5. The second-order valence-corrected chi connectivity index (χ2v) is 5.71. The van der Waals surface area contributed by atoms with Gasteiger partial charge in [-0.1, -0.05) is 23.7 Å². The third-order valence-corrected chi connectivity index (χ3v) is 3.74. The minimum absolute atomic E-state index is 0.0821. The van der Waals surface area contributed by atoms with Crippen molar-refractivity contribution in [3.05, 3.63) is 58.9 Å². The lowest BCUT2D eigenvalue weighted by Gasteiger charge is -2.08. The predicted octanol–water partition coefficient (Wildman–Crippen LogP) is 3.18. The molecule has 2 rings (SSSR count). The van der Waals surface area contributed by atoms with Gasteiger partial charge in [0.1, 0.15) is 11.6 Å². The lowest BCUT2D eigenvalue weighted by Crippen LogP contribution is -2.32. The molecular weight excluding hydrogens is 347 g/mol. The summed E-state index contributed by atoms with van der Waals surface area (Å²) in [5.74, 6) is -0.458. The van der Waals surface area contributed by atoms with Crippen molar-refractivity contribution in [3.63, 3.8) is 0 Å². The van der Waals surface area contributed by atoms with Gasteiger partial charge in [-0.2, -0.15) is 0 Å². The molecule has 0 aliphatic carbocycles. The van der Waals surface area contributed by atoms with E-state index in [1.807, 2.05) is 24.3 Å². The highest BCUT2D eigenvalue weighted by Crippen LogP contribution is 2.19. The largest absolute Gasteiger partial charge is 0.497 e. The molecule has 0 aromatic heterocycles. The first-order valence-corrected chi connectivity index (χ1v) is 8.00. The van der Waals surface area contributed by atoms with E-state index in [2.05, 4.69) is 10.6 Å². The first kappa shape index (κ1) is 18.7. The molecule has 2 N–H and O–H groups in total. The Morgan fingerprint density at radius 2 is 1.84 bits per heavy atom. The number of ether oxygens (including phenoxy) is 1. The Bertz CT molecular complexity index is 750. The number of halogens is 2. The fourth-order valence-corrected chi connectivity index (χ4v) is 2.28. The lowest BCUT2D eigenvalue weighted by atomic mass is 10.1. The van der Waals surface area contributed by atoms with Gasteiger partial charge in [0.05, 0.1) is 18.7 Å². The number of hydrogen-bond donors (Lipinski definition) is 2. The van der Waals surface area contributed by atoms with Crippen molar-refractivity contribution in [3.8, 4) is 5.75 Å². The number of benzene rings is 2. The van der Waals surface area contributed by atoms with Crippen molar-refractivity contribution in [2.75, 3.05) is 19.0 Å². The quantitative estimate of drug-likeness (QED) is 0.793. The topological polar surface area (TPSA) is 67.4 Å². The molecular formula is C18H18ClFN2O3. The molecule has 7 heteroatoms. The van der Waals surface area contributed by atoms with Gasteiger partial charge in [-0.3, -0.25) is 9.59 Å². The molecule has 132 valence electrons. The summed E-state index contributed by atoms with van der Waals surface area (Å²) in [6, 6.07) is 11.3. The van der Waals surface area contributed by atoms with E-state index in [0.29, 0.717) is 12.1 Å². The number of amides is 2. The molecule has 0 spiro atoms. The van der Waals surface area contributed by atoms with Crippen molar-refractivity contribution in [2.45, 2.75) is 12.8 Å². The van der Waals surface area contributed by atoms with Crippen molar-refractivity contribution in [2.24, 2.45) is 0 Å². The van der Waals surface area contributed by atoms with Gasteiger partial charge in [0.2, 0.25) is 11.8 Å². The molecule has 2 aromatic carbocycles. The Morgan fingerprint density at radius 3 is 2.48 bits per heavy atom. The molecule has 0 aliphatic rings. The zero-order valence-corrected chi connectivity index (χ0v) is 14.4. The van der Waals surface area contributed by atoms with Crippen LogP contribution in [0.1, 0.15) is 12.0 Å². The molecule has 0 radical (unpaired) electrons. The average molecular weight is 365 g/mol. The number of anilines is 1. The monoisotopic (exact) mass is 364 g/mol. The van der Waals surface area contributed by atoms with Gasteiger partial charge in [-0.05, 0) is 42.3 Å². The highest BCUT2D eigenvalue weighted by Gasteiger charge is 2.08. The minimum atomic E-state index is -0.563. The zero-order valence-electron chi connectivity index (χ0n) is 13.6. The summed E-state index contributed by atoms with van der Waals surface area (Å²) in [6.45, 7) is -0.170. The van der Waals surface area contributed by atoms with Crippen molar-refractivity contribution in [1.29, 1.82) is 0 Å². The number of methoxy groups -OCH3 is 1. The van der Waals surface area contributed by atoms with Gasteiger partial charge in [0, 0.05) is 12.1 Å². The fourth-order valence-electron chi connectivity index (χ4n) is 2.10. The molecule has 0 heterocycles.